The van der Waals surface area contributed by atoms with E-state index in [1.54, 1.807) is 0 Å². The number of pyridine rings is 1. The van der Waals surface area contributed by atoms with E-state index in [0.29, 0.717) is 17.8 Å². The molecule has 2 heteroatoms. The Labute approximate surface area is 152 Å². The van der Waals surface area contributed by atoms with Crippen LogP contribution in [0.3, 0.4) is 0 Å². The summed E-state index contributed by atoms with van der Waals surface area (Å²) in [5, 5.41) is 0. The molecule has 0 saturated heterocycles. The van der Waals surface area contributed by atoms with Crippen molar-refractivity contribution in [2.75, 3.05) is 0 Å². The summed E-state index contributed by atoms with van der Waals surface area (Å²) in [6, 6.07) is 13.2. The molecule has 1 unspecified atom stereocenters. The van der Waals surface area contributed by atoms with E-state index in [0.717, 1.165) is 23.4 Å². The van der Waals surface area contributed by atoms with Crippen molar-refractivity contribution in [3.63, 3.8) is 0 Å². The summed E-state index contributed by atoms with van der Waals surface area (Å²) in [5.74, 6) is 1.61. The van der Waals surface area contributed by atoms with Crippen LogP contribution in [0, 0.1) is 0 Å². The van der Waals surface area contributed by atoms with Crippen molar-refractivity contribution in [1.29, 1.82) is 0 Å². The normalized spacial score (nSPS) is 12.6. The largest absolute Gasteiger partial charge is 0.255 e. The fourth-order valence-electron chi connectivity index (χ4n) is 2.76. The molecule has 0 aliphatic carbocycles. The van der Waals surface area contributed by atoms with Crippen LogP contribution in [0.25, 0.3) is 0 Å². The molecule has 1 aromatic carbocycles. The second-order valence-electron chi connectivity index (χ2n) is 7.32. The van der Waals surface area contributed by atoms with Crippen LogP contribution in [0.2, 0.25) is 0 Å². The molecule has 1 nitrogen and oxygen atoms in total. The van der Waals surface area contributed by atoms with Gasteiger partial charge in [0.25, 0.3) is 0 Å². The Kier molecular flexibility index (Phi) is 6.68. The lowest BCUT2D eigenvalue weighted by atomic mass is 9.92. The van der Waals surface area contributed by atoms with E-state index in [1.165, 1.54) is 16.7 Å². The van der Waals surface area contributed by atoms with Crippen molar-refractivity contribution >= 4 is 17.1 Å². The zero-order valence-electron chi connectivity index (χ0n) is 15.5. The average molecular weight is 340 g/mol. The van der Waals surface area contributed by atoms with E-state index < -0.39 is 0 Å². The number of hydrogen-bond acceptors (Lipinski definition) is 2. The predicted octanol–water partition coefficient (Wildman–Crippen LogP) is 6.63. The zero-order valence-corrected chi connectivity index (χ0v) is 16.4. The number of aromatic nitrogens is 1. The number of benzene rings is 1. The molecule has 0 aliphatic heterocycles. The summed E-state index contributed by atoms with van der Waals surface area (Å²) in [6.07, 6.45) is 3.93. The van der Waals surface area contributed by atoms with Gasteiger partial charge in [-0.05, 0) is 53.4 Å². The molecule has 2 rings (SSSR count). The molecule has 1 aromatic heterocycles. The smallest absolute Gasteiger partial charge is 0.0769 e. The molecule has 0 spiro atoms. The Morgan fingerprint density at radius 1 is 0.833 bits per heavy atom. The number of nitrogens with zero attached hydrogens (tertiary/aromatic N) is 1. The third-order valence-electron chi connectivity index (χ3n) is 4.72. The first-order valence-corrected chi connectivity index (χ1v) is 9.38. The van der Waals surface area contributed by atoms with Crippen molar-refractivity contribution in [3.8, 4) is 0 Å². The fourth-order valence-corrected chi connectivity index (χ4v) is 3.00. The fraction of sp³-hybridized carbons (Fsp3) is 0.455. The maximum Gasteiger partial charge on any atom is 0.0769 e. The van der Waals surface area contributed by atoms with Crippen molar-refractivity contribution in [2.24, 2.45) is 0 Å². The third kappa shape index (κ3) is 4.98. The van der Waals surface area contributed by atoms with Crippen LogP contribution in [0.5, 0.6) is 0 Å². The molecular weight excluding hydrogens is 310 g/mol. The average Bonchev–Trinajstić information content (AvgIpc) is 2.59. The van der Waals surface area contributed by atoms with Gasteiger partial charge in [-0.3, -0.25) is 4.98 Å². The first kappa shape index (κ1) is 18.8. The highest BCUT2D eigenvalue weighted by molar-refractivity contribution is 7.80. The van der Waals surface area contributed by atoms with Crippen molar-refractivity contribution in [3.05, 3.63) is 65.0 Å². The van der Waals surface area contributed by atoms with Crippen LogP contribution in [0.1, 0.15) is 87.6 Å². The molecule has 0 amide bonds. The Balaban J connectivity index is 1.92. The molecule has 1 atom stereocenters. The molecule has 0 aliphatic rings. The Morgan fingerprint density at radius 2 is 1.38 bits per heavy atom. The zero-order chi connectivity index (χ0) is 17.7. The summed E-state index contributed by atoms with van der Waals surface area (Å²) in [5.41, 5.74) is 5.01. The van der Waals surface area contributed by atoms with Gasteiger partial charge in [-0.25, -0.2) is 0 Å². The lowest BCUT2D eigenvalue weighted by Crippen LogP contribution is -2.04. The van der Waals surface area contributed by atoms with E-state index >= 15 is 0 Å². The van der Waals surface area contributed by atoms with Crippen molar-refractivity contribution < 1.29 is 0 Å². The lowest BCUT2D eigenvalue weighted by molar-refractivity contribution is 0.704. The van der Waals surface area contributed by atoms with Gasteiger partial charge >= 0.3 is 0 Å². The predicted molar refractivity (Wildman–Crippen MR) is 108 cm³/mol. The van der Waals surface area contributed by atoms with E-state index in [4.69, 9.17) is 12.2 Å². The highest BCUT2D eigenvalue weighted by Gasteiger charge is 2.10. The van der Waals surface area contributed by atoms with Crippen LogP contribution in [-0.2, 0) is 0 Å². The van der Waals surface area contributed by atoms with Gasteiger partial charge < -0.3 is 0 Å². The van der Waals surface area contributed by atoms with Crippen LogP contribution in [-0.4, -0.2) is 9.85 Å². The molecule has 0 saturated carbocycles. The summed E-state index contributed by atoms with van der Waals surface area (Å²) >= 11 is 5.59. The van der Waals surface area contributed by atoms with Gasteiger partial charge in [0.15, 0.2) is 0 Å². The van der Waals surface area contributed by atoms with E-state index in [1.807, 2.05) is 6.20 Å². The summed E-state index contributed by atoms with van der Waals surface area (Å²) in [7, 11) is 0. The SMILES string of the molecule is CC(C)c1ccc(C(C)CCC(=S)c2ccc(C(C)C)cn2)cc1. The van der Waals surface area contributed by atoms with E-state index in [2.05, 4.69) is 76.0 Å². The first-order valence-electron chi connectivity index (χ1n) is 8.97. The van der Waals surface area contributed by atoms with Gasteiger partial charge in [-0.2, -0.15) is 0 Å². The molecule has 2 aromatic rings. The van der Waals surface area contributed by atoms with Crippen LogP contribution in [0.4, 0.5) is 0 Å². The van der Waals surface area contributed by atoms with Gasteiger partial charge in [-0.1, -0.05) is 77.2 Å². The van der Waals surface area contributed by atoms with Crippen molar-refractivity contribution in [2.45, 2.75) is 65.2 Å². The molecule has 24 heavy (non-hydrogen) atoms. The Hall–Kier alpha value is -1.54. The minimum Gasteiger partial charge on any atom is -0.255 e. The van der Waals surface area contributed by atoms with E-state index in [9.17, 15) is 0 Å². The first-order chi connectivity index (χ1) is 11.4. The van der Waals surface area contributed by atoms with Gasteiger partial charge in [0.1, 0.15) is 0 Å². The monoisotopic (exact) mass is 339 g/mol. The van der Waals surface area contributed by atoms with Crippen molar-refractivity contribution in [1.82, 2.24) is 4.98 Å². The second-order valence-corrected chi connectivity index (χ2v) is 7.81. The number of thiocarbonyl (C=S) groups is 1. The Bertz CT molecular complexity index is 653. The number of rotatable bonds is 7. The van der Waals surface area contributed by atoms with E-state index in [-0.39, 0.29) is 0 Å². The maximum absolute atomic E-state index is 5.59. The maximum atomic E-state index is 5.59. The van der Waals surface area contributed by atoms with Gasteiger partial charge in [0, 0.05) is 11.1 Å². The molecule has 0 bridgehead atoms. The standard InChI is InChI=1S/C22H29NS/c1-15(2)18-7-9-19(10-8-18)17(5)6-13-22(24)21-12-11-20(14-23-21)16(3)4/h7-12,14-17H,6,13H2,1-5H3. The molecule has 0 fully saturated rings. The van der Waals surface area contributed by atoms with Crippen LogP contribution >= 0.6 is 12.2 Å². The highest BCUT2D eigenvalue weighted by atomic mass is 32.1. The minimum absolute atomic E-state index is 0.508. The summed E-state index contributed by atoms with van der Waals surface area (Å²) in [6.45, 7) is 11.1. The minimum atomic E-state index is 0.508. The van der Waals surface area contributed by atoms with Gasteiger partial charge in [0.05, 0.1) is 5.69 Å². The van der Waals surface area contributed by atoms with Crippen LogP contribution < -0.4 is 0 Å². The molecule has 1 heterocycles. The molecule has 0 N–H and O–H groups in total. The summed E-state index contributed by atoms with van der Waals surface area (Å²) < 4.78 is 0. The Morgan fingerprint density at radius 3 is 1.88 bits per heavy atom. The third-order valence-corrected chi connectivity index (χ3v) is 5.13. The molecule has 128 valence electrons. The number of hydrogen-bond donors (Lipinski definition) is 0. The lowest BCUT2D eigenvalue weighted by Gasteiger charge is -2.14. The molecular formula is C22H29NS. The quantitative estimate of drug-likeness (QED) is 0.415. The van der Waals surface area contributed by atoms with Gasteiger partial charge in [-0.15, -0.1) is 0 Å². The van der Waals surface area contributed by atoms with Crippen LogP contribution in [0.15, 0.2) is 42.6 Å². The topological polar surface area (TPSA) is 12.9 Å². The second kappa shape index (κ2) is 8.53. The molecule has 0 radical (unpaired) electrons. The highest BCUT2D eigenvalue weighted by Crippen LogP contribution is 2.24. The van der Waals surface area contributed by atoms with Gasteiger partial charge in [0.2, 0.25) is 0 Å². The summed E-state index contributed by atoms with van der Waals surface area (Å²) in [4.78, 5) is 5.51.